The summed E-state index contributed by atoms with van der Waals surface area (Å²) in [7, 11) is 0. The Morgan fingerprint density at radius 1 is 0.810 bits per heavy atom. The van der Waals surface area contributed by atoms with Crippen LogP contribution >= 0.6 is 0 Å². The van der Waals surface area contributed by atoms with Crippen molar-refractivity contribution < 1.29 is 4.74 Å². The van der Waals surface area contributed by atoms with Gasteiger partial charge in [0.15, 0.2) is 5.75 Å². The number of ether oxygens (including phenoxy) is 1. The van der Waals surface area contributed by atoms with E-state index < -0.39 is 0 Å². The topological polar surface area (TPSA) is 37.2 Å². The molecule has 1 aliphatic heterocycles. The quantitative estimate of drug-likeness (QED) is 0.742. The molecule has 2 aromatic rings. The number of nitrogens with zero attached hydrogens (tertiary/aromatic N) is 3. The van der Waals surface area contributed by atoms with Crippen LogP contribution in [0.4, 0.5) is 5.69 Å². The fraction of sp³-hybridized carbons (Fsp3) is 0.294. The van der Waals surface area contributed by atoms with E-state index in [9.17, 15) is 0 Å². The Hall–Kier alpha value is -2.36. The molecule has 4 nitrogen and oxygen atoms in total. The van der Waals surface area contributed by atoms with E-state index in [-0.39, 0.29) is 0 Å². The van der Waals surface area contributed by atoms with Gasteiger partial charge in [0.25, 0.3) is 0 Å². The molecule has 1 aliphatic rings. The summed E-state index contributed by atoms with van der Waals surface area (Å²) in [6, 6.07) is 17.5. The molecule has 1 heterocycles. The zero-order valence-electron chi connectivity index (χ0n) is 12.0. The normalized spacial score (nSPS) is 15.3. The summed E-state index contributed by atoms with van der Waals surface area (Å²) in [5.41, 5.74) is 0.756. The van der Waals surface area contributed by atoms with Crippen LogP contribution in [0.2, 0.25) is 0 Å². The molecular formula is C17H19N3O. The fourth-order valence-electron chi connectivity index (χ4n) is 2.32. The Labute approximate surface area is 125 Å². The minimum atomic E-state index is 0.726. The molecule has 0 spiro atoms. The van der Waals surface area contributed by atoms with Crippen LogP contribution in [0.5, 0.6) is 11.5 Å². The molecule has 3 rings (SSSR count). The third-order valence-electron chi connectivity index (χ3n) is 3.45. The van der Waals surface area contributed by atoms with Crippen molar-refractivity contribution in [2.24, 2.45) is 10.3 Å². The van der Waals surface area contributed by atoms with Crippen LogP contribution in [0.1, 0.15) is 19.3 Å². The maximum atomic E-state index is 5.88. The molecule has 0 aromatic heterocycles. The zero-order valence-corrected chi connectivity index (χ0v) is 12.0. The van der Waals surface area contributed by atoms with Gasteiger partial charge in [-0.2, -0.15) is 0 Å². The van der Waals surface area contributed by atoms with Crippen molar-refractivity contribution in [2.45, 2.75) is 19.3 Å². The van der Waals surface area contributed by atoms with Gasteiger partial charge in [0.2, 0.25) is 0 Å². The van der Waals surface area contributed by atoms with Crippen molar-refractivity contribution in [1.29, 1.82) is 0 Å². The van der Waals surface area contributed by atoms with Gasteiger partial charge >= 0.3 is 0 Å². The lowest BCUT2D eigenvalue weighted by Crippen LogP contribution is -2.23. The number of para-hydroxylation sites is 2. The van der Waals surface area contributed by atoms with Crippen molar-refractivity contribution >= 4 is 5.69 Å². The van der Waals surface area contributed by atoms with Gasteiger partial charge in [-0.25, -0.2) is 0 Å². The SMILES string of the molecule is c1ccc(Oc2ccccc2N=NN2CCCCC2)cc1. The summed E-state index contributed by atoms with van der Waals surface area (Å²) in [5.74, 6) is 1.53. The second-order valence-corrected chi connectivity index (χ2v) is 5.09. The summed E-state index contributed by atoms with van der Waals surface area (Å²) in [5, 5.41) is 10.7. The number of piperidine rings is 1. The molecule has 1 saturated heterocycles. The van der Waals surface area contributed by atoms with Crippen molar-refractivity contribution in [3.63, 3.8) is 0 Å². The molecule has 108 valence electrons. The molecule has 0 radical (unpaired) electrons. The van der Waals surface area contributed by atoms with E-state index in [4.69, 9.17) is 4.74 Å². The highest BCUT2D eigenvalue weighted by Gasteiger charge is 2.08. The lowest BCUT2D eigenvalue weighted by atomic mass is 10.2. The summed E-state index contributed by atoms with van der Waals surface area (Å²) < 4.78 is 5.88. The highest BCUT2D eigenvalue weighted by atomic mass is 16.5. The molecule has 0 unspecified atom stereocenters. The molecule has 0 bridgehead atoms. The van der Waals surface area contributed by atoms with Crippen LogP contribution in [-0.2, 0) is 0 Å². The molecule has 0 N–H and O–H groups in total. The molecule has 21 heavy (non-hydrogen) atoms. The highest BCUT2D eigenvalue weighted by Crippen LogP contribution is 2.31. The molecule has 0 aliphatic carbocycles. The molecule has 0 amide bonds. The highest BCUT2D eigenvalue weighted by molar-refractivity contribution is 5.52. The van der Waals surface area contributed by atoms with Gasteiger partial charge < -0.3 is 4.74 Å². The van der Waals surface area contributed by atoms with Gasteiger partial charge in [-0.15, -0.1) is 5.11 Å². The average Bonchev–Trinajstić information content (AvgIpc) is 2.56. The van der Waals surface area contributed by atoms with Crippen molar-refractivity contribution in [3.8, 4) is 11.5 Å². The summed E-state index contributed by atoms with van der Waals surface area (Å²) >= 11 is 0. The summed E-state index contributed by atoms with van der Waals surface area (Å²) in [6.45, 7) is 1.98. The average molecular weight is 281 g/mol. The van der Waals surface area contributed by atoms with Gasteiger partial charge in [-0.1, -0.05) is 35.6 Å². The first-order valence-electron chi connectivity index (χ1n) is 7.40. The molecule has 0 saturated carbocycles. The molecule has 1 fully saturated rings. The van der Waals surface area contributed by atoms with Crippen LogP contribution < -0.4 is 4.74 Å². The van der Waals surface area contributed by atoms with E-state index in [0.717, 1.165) is 30.3 Å². The van der Waals surface area contributed by atoms with Crippen LogP contribution in [-0.4, -0.2) is 18.1 Å². The largest absolute Gasteiger partial charge is 0.455 e. The Morgan fingerprint density at radius 3 is 2.33 bits per heavy atom. The van der Waals surface area contributed by atoms with E-state index in [1.54, 1.807) is 0 Å². The van der Waals surface area contributed by atoms with E-state index in [1.807, 2.05) is 59.6 Å². The third-order valence-corrected chi connectivity index (χ3v) is 3.45. The van der Waals surface area contributed by atoms with Crippen molar-refractivity contribution in [1.82, 2.24) is 5.01 Å². The predicted molar refractivity (Wildman–Crippen MR) is 82.9 cm³/mol. The van der Waals surface area contributed by atoms with Crippen LogP contribution in [0.3, 0.4) is 0 Å². The van der Waals surface area contributed by atoms with Crippen LogP contribution in [0.25, 0.3) is 0 Å². The minimum absolute atomic E-state index is 0.726. The van der Waals surface area contributed by atoms with Gasteiger partial charge in [0.05, 0.1) is 0 Å². The second-order valence-electron chi connectivity index (χ2n) is 5.09. The lowest BCUT2D eigenvalue weighted by molar-refractivity contribution is 0.224. The molecule has 4 heteroatoms. The monoisotopic (exact) mass is 281 g/mol. The summed E-state index contributed by atoms with van der Waals surface area (Å²) in [6.07, 6.45) is 3.68. The van der Waals surface area contributed by atoms with Gasteiger partial charge in [-0.3, -0.25) is 5.01 Å². The maximum Gasteiger partial charge on any atom is 0.154 e. The van der Waals surface area contributed by atoms with Crippen LogP contribution in [0.15, 0.2) is 64.9 Å². The van der Waals surface area contributed by atoms with E-state index >= 15 is 0 Å². The van der Waals surface area contributed by atoms with Crippen molar-refractivity contribution in [3.05, 3.63) is 54.6 Å². The van der Waals surface area contributed by atoms with Crippen LogP contribution in [0, 0.1) is 0 Å². The standard InChI is InChI=1S/C17H19N3O/c1-3-9-15(10-4-1)21-17-12-6-5-11-16(17)18-19-20-13-7-2-8-14-20/h1,3-6,9-12H,2,7-8,13-14H2. The van der Waals surface area contributed by atoms with Gasteiger partial charge in [-0.05, 0) is 43.5 Å². The lowest BCUT2D eigenvalue weighted by Gasteiger charge is -2.21. The Kier molecular flexibility index (Phi) is 4.46. The smallest absolute Gasteiger partial charge is 0.154 e. The summed E-state index contributed by atoms with van der Waals surface area (Å²) in [4.78, 5) is 0. The second kappa shape index (κ2) is 6.88. The Morgan fingerprint density at radius 2 is 1.52 bits per heavy atom. The van der Waals surface area contributed by atoms with E-state index in [0.29, 0.717) is 0 Å². The number of rotatable bonds is 4. The molecule has 2 aromatic carbocycles. The Balaban J connectivity index is 1.74. The first-order valence-corrected chi connectivity index (χ1v) is 7.40. The van der Waals surface area contributed by atoms with Gasteiger partial charge in [0.1, 0.15) is 11.4 Å². The predicted octanol–water partition coefficient (Wildman–Crippen LogP) is 4.96. The fourth-order valence-corrected chi connectivity index (χ4v) is 2.32. The maximum absolute atomic E-state index is 5.88. The minimum Gasteiger partial charge on any atom is -0.455 e. The first kappa shape index (κ1) is 13.6. The zero-order chi connectivity index (χ0) is 14.3. The number of benzene rings is 2. The Bertz CT molecular complexity index is 592. The van der Waals surface area contributed by atoms with Gasteiger partial charge in [0, 0.05) is 13.1 Å². The van der Waals surface area contributed by atoms with Crippen molar-refractivity contribution in [2.75, 3.05) is 13.1 Å². The first-order chi connectivity index (χ1) is 10.4. The van der Waals surface area contributed by atoms with E-state index in [1.165, 1.54) is 19.3 Å². The van der Waals surface area contributed by atoms with E-state index in [2.05, 4.69) is 10.3 Å². The number of hydrogen-bond acceptors (Lipinski definition) is 3. The number of hydrogen-bond donors (Lipinski definition) is 0. The molecule has 0 atom stereocenters. The molecular weight excluding hydrogens is 262 g/mol. The third kappa shape index (κ3) is 3.81.